The van der Waals surface area contributed by atoms with Gasteiger partial charge in [-0.3, -0.25) is 14.4 Å². The number of carbonyl (C=O) groups excluding carboxylic acids is 3. The number of fused-ring (bicyclic) bond motifs is 3. The molecule has 0 radical (unpaired) electrons. The molecule has 4 unspecified atom stereocenters. The highest BCUT2D eigenvalue weighted by Crippen LogP contribution is 2.51. The molecule has 0 spiro atoms. The molecule has 3 aliphatic rings. The summed E-state index contributed by atoms with van der Waals surface area (Å²) in [5, 5.41) is 23.6. The molecule has 5 rings (SSSR count). The summed E-state index contributed by atoms with van der Waals surface area (Å²) >= 11 is 0. The minimum Gasteiger partial charge on any atom is -0.493 e. The second kappa shape index (κ2) is 10.4. The molecule has 1 aliphatic heterocycles. The van der Waals surface area contributed by atoms with Gasteiger partial charge in [-0.1, -0.05) is 6.42 Å². The normalized spacial score (nSPS) is 24.1. The predicted molar refractivity (Wildman–Crippen MR) is 130 cm³/mol. The first kappa shape index (κ1) is 25.0. The van der Waals surface area contributed by atoms with Gasteiger partial charge in [0.05, 0.1) is 38.2 Å². The molecule has 0 bridgehead atoms. The van der Waals surface area contributed by atoms with E-state index in [0.29, 0.717) is 28.9 Å². The summed E-state index contributed by atoms with van der Waals surface area (Å²) in [4.78, 5) is 40.1. The van der Waals surface area contributed by atoms with Crippen LogP contribution in [0.4, 0.5) is 0 Å². The van der Waals surface area contributed by atoms with Crippen molar-refractivity contribution < 1.29 is 38.5 Å². The molecule has 196 valence electrons. The lowest BCUT2D eigenvalue weighted by Gasteiger charge is -2.42. The van der Waals surface area contributed by atoms with Gasteiger partial charge in [-0.25, -0.2) is 0 Å². The summed E-state index contributed by atoms with van der Waals surface area (Å²) in [5.41, 5.74) is 1.93. The number of aliphatic hydroxyl groups excluding tert-OH is 2. The Balaban J connectivity index is 1.59. The van der Waals surface area contributed by atoms with Gasteiger partial charge in [0.15, 0.2) is 11.5 Å². The smallest absolute Gasteiger partial charge is 0.247 e. The monoisotopic (exact) mass is 510 g/mol. The zero-order chi connectivity index (χ0) is 26.1. The molecule has 10 heteroatoms. The van der Waals surface area contributed by atoms with Crippen LogP contribution >= 0.6 is 0 Å². The molecule has 3 N–H and O–H groups in total. The lowest BCUT2D eigenvalue weighted by molar-refractivity contribution is -0.145. The van der Waals surface area contributed by atoms with E-state index in [0.717, 1.165) is 24.8 Å². The lowest BCUT2D eigenvalue weighted by atomic mass is 9.76. The molecular weight excluding hydrogens is 480 g/mol. The summed E-state index contributed by atoms with van der Waals surface area (Å²) < 4.78 is 16.9. The quantitative estimate of drug-likeness (QED) is 0.432. The molecule has 2 amide bonds. The highest BCUT2D eigenvalue weighted by Gasteiger charge is 2.52. The van der Waals surface area contributed by atoms with Crippen LogP contribution in [0, 0.1) is 5.92 Å². The van der Waals surface area contributed by atoms with Crippen molar-refractivity contribution in [3.05, 3.63) is 59.1 Å². The first-order valence-corrected chi connectivity index (χ1v) is 12.4. The second-order valence-electron chi connectivity index (χ2n) is 9.63. The molecule has 2 heterocycles. The summed E-state index contributed by atoms with van der Waals surface area (Å²) in [7, 11) is 1.45. The third kappa shape index (κ3) is 4.51. The molecule has 1 aromatic heterocycles. The summed E-state index contributed by atoms with van der Waals surface area (Å²) in [5.74, 6) is -0.744. The Bertz CT molecular complexity index is 1200. The van der Waals surface area contributed by atoms with E-state index in [2.05, 4.69) is 5.32 Å². The van der Waals surface area contributed by atoms with Crippen LogP contribution in [0.25, 0.3) is 0 Å². The summed E-state index contributed by atoms with van der Waals surface area (Å²) in [6.07, 6.45) is 5.80. The van der Waals surface area contributed by atoms with Crippen molar-refractivity contribution in [2.24, 2.45) is 5.92 Å². The first-order valence-electron chi connectivity index (χ1n) is 12.4. The molecule has 0 saturated heterocycles. The topological polar surface area (TPSA) is 139 Å². The van der Waals surface area contributed by atoms with Gasteiger partial charge < -0.3 is 34.3 Å². The second-order valence-corrected chi connectivity index (χ2v) is 9.63. The van der Waals surface area contributed by atoms with E-state index in [1.54, 1.807) is 29.4 Å². The average molecular weight is 511 g/mol. The molecule has 2 aliphatic carbocycles. The number of nitrogens with one attached hydrogen (secondary N) is 1. The maximum atomic E-state index is 13.6. The molecule has 2 aromatic rings. The van der Waals surface area contributed by atoms with Crippen LogP contribution in [-0.4, -0.2) is 71.7 Å². The highest BCUT2D eigenvalue weighted by atomic mass is 16.5. The van der Waals surface area contributed by atoms with Crippen molar-refractivity contribution in [2.75, 3.05) is 20.3 Å². The Labute approximate surface area is 213 Å². The van der Waals surface area contributed by atoms with E-state index in [1.165, 1.54) is 19.4 Å². The van der Waals surface area contributed by atoms with Gasteiger partial charge >= 0.3 is 0 Å². The van der Waals surface area contributed by atoms with Crippen LogP contribution in [0.1, 0.15) is 46.7 Å². The van der Waals surface area contributed by atoms with E-state index in [9.17, 15) is 24.6 Å². The number of ether oxygens (including phenoxy) is 2. The molecule has 1 fully saturated rings. The number of carbonyl (C=O) groups is 3. The fourth-order valence-corrected chi connectivity index (χ4v) is 5.36. The van der Waals surface area contributed by atoms with Crippen LogP contribution in [0.2, 0.25) is 0 Å². The van der Waals surface area contributed by atoms with Gasteiger partial charge in [-0.05, 0) is 37.1 Å². The number of benzene rings is 1. The number of rotatable bonds is 9. The first-order chi connectivity index (χ1) is 18.0. The third-order valence-electron chi connectivity index (χ3n) is 7.44. The van der Waals surface area contributed by atoms with Gasteiger partial charge in [-0.15, -0.1) is 0 Å². The highest BCUT2D eigenvalue weighted by molar-refractivity contribution is 5.96. The Morgan fingerprint density at radius 1 is 1.30 bits per heavy atom. The van der Waals surface area contributed by atoms with Crippen LogP contribution in [0.3, 0.4) is 0 Å². The van der Waals surface area contributed by atoms with Gasteiger partial charge in [0.1, 0.15) is 18.5 Å². The van der Waals surface area contributed by atoms with Crippen LogP contribution in [0.5, 0.6) is 11.5 Å². The molecule has 37 heavy (non-hydrogen) atoms. The maximum absolute atomic E-state index is 13.6. The fourth-order valence-electron chi connectivity index (χ4n) is 5.36. The number of aliphatic hydroxyl groups is 2. The fraction of sp³-hybridized carbons (Fsp3) is 0.444. The van der Waals surface area contributed by atoms with Crippen molar-refractivity contribution in [3.8, 4) is 11.5 Å². The summed E-state index contributed by atoms with van der Waals surface area (Å²) in [6, 6.07) is 4.06. The number of nitrogens with zero attached hydrogens (tertiary/aromatic N) is 1. The molecule has 1 saturated carbocycles. The van der Waals surface area contributed by atoms with Crippen molar-refractivity contribution >= 4 is 18.1 Å². The minimum atomic E-state index is -1.17. The predicted octanol–water partition coefficient (Wildman–Crippen LogP) is 1.55. The number of methoxy groups -OCH3 is 1. The number of hydrogen-bond acceptors (Lipinski definition) is 8. The van der Waals surface area contributed by atoms with Gasteiger partial charge in [0, 0.05) is 41.3 Å². The lowest BCUT2D eigenvalue weighted by Crippen LogP contribution is -2.56. The van der Waals surface area contributed by atoms with Gasteiger partial charge in [-0.2, -0.15) is 0 Å². The van der Waals surface area contributed by atoms with Crippen LogP contribution in [-0.2, 0) is 16.1 Å². The zero-order valence-electron chi connectivity index (χ0n) is 20.5. The molecule has 4 atom stereocenters. The Hall–Kier alpha value is -3.63. The maximum Gasteiger partial charge on any atom is 0.247 e. The van der Waals surface area contributed by atoms with E-state index in [1.807, 2.05) is 0 Å². The summed E-state index contributed by atoms with van der Waals surface area (Å²) in [6.45, 7) is -0.0212. The van der Waals surface area contributed by atoms with Gasteiger partial charge in [0.2, 0.25) is 11.8 Å². The van der Waals surface area contributed by atoms with Crippen molar-refractivity contribution in [3.63, 3.8) is 0 Å². The SMILES string of the molecule is COc1cc(C=O)cc2c1OC1C2C(C(=O)NCCO)=CC(N(Cc2ccoc2)C(=O)C2CCC2)C1O. The zero-order valence-corrected chi connectivity index (χ0v) is 20.5. The standard InChI is InChI=1S/C27H30N2O8/c1-35-21-10-16(13-31)9-18-22-19(26(33)28-6-7-30)11-20(23(32)25(22)37-24(18)21)29(12-15-5-8-36-14-15)27(34)17-3-2-4-17/h5,8-11,13-14,17,20,22-23,25,30,32H,2-4,6-7,12H2,1H3,(H,28,33). The molecule has 1 aromatic carbocycles. The number of furan rings is 1. The number of hydrogen-bond donors (Lipinski definition) is 3. The number of amides is 2. The third-order valence-corrected chi connectivity index (χ3v) is 7.44. The average Bonchev–Trinajstić information content (AvgIpc) is 3.53. The van der Waals surface area contributed by atoms with Crippen molar-refractivity contribution in [1.82, 2.24) is 10.2 Å². The Morgan fingerprint density at radius 3 is 2.73 bits per heavy atom. The van der Waals surface area contributed by atoms with Crippen LogP contribution < -0.4 is 14.8 Å². The van der Waals surface area contributed by atoms with Crippen molar-refractivity contribution in [1.29, 1.82) is 0 Å². The van der Waals surface area contributed by atoms with E-state index in [-0.39, 0.29) is 37.1 Å². The van der Waals surface area contributed by atoms with E-state index >= 15 is 0 Å². The minimum absolute atomic E-state index is 0.0337. The Morgan fingerprint density at radius 2 is 2.11 bits per heavy atom. The number of aldehydes is 1. The Kier molecular flexibility index (Phi) is 7.03. The van der Waals surface area contributed by atoms with Gasteiger partial charge in [0.25, 0.3) is 0 Å². The van der Waals surface area contributed by atoms with Crippen molar-refractivity contribution in [2.45, 2.75) is 50.0 Å². The molecule has 10 nitrogen and oxygen atoms in total. The van der Waals surface area contributed by atoms with E-state index in [4.69, 9.17) is 13.9 Å². The van der Waals surface area contributed by atoms with Crippen LogP contribution in [0.15, 0.2) is 46.8 Å². The largest absolute Gasteiger partial charge is 0.493 e. The van der Waals surface area contributed by atoms with E-state index < -0.39 is 30.1 Å². The molecular formula is C27H30N2O8.